The number of hydrogen-bond acceptors (Lipinski definition) is 4. The van der Waals surface area contributed by atoms with Crippen molar-refractivity contribution in [1.29, 1.82) is 0 Å². The Morgan fingerprint density at radius 3 is 2.54 bits per heavy atom. The number of carbonyl (C=O) groups excluding carboxylic acids is 2. The molecule has 1 atom stereocenters. The summed E-state index contributed by atoms with van der Waals surface area (Å²) in [6.45, 7) is 4.13. The molecule has 0 bridgehead atoms. The van der Waals surface area contributed by atoms with Crippen molar-refractivity contribution in [2.45, 2.75) is 13.3 Å². The molecule has 0 aromatic heterocycles. The second kappa shape index (κ2) is 8.52. The largest absolute Gasteiger partial charge is 0.484 e. The highest BCUT2D eigenvalue weighted by atomic mass is 16.5. The Morgan fingerprint density at radius 1 is 1.12 bits per heavy atom. The molecule has 1 unspecified atom stereocenters. The molecule has 1 amide bonds. The summed E-state index contributed by atoms with van der Waals surface area (Å²) >= 11 is 0. The summed E-state index contributed by atoms with van der Waals surface area (Å²) in [6.07, 6.45) is 1.07. The van der Waals surface area contributed by atoms with Crippen molar-refractivity contribution in [3.05, 3.63) is 60.2 Å². The summed E-state index contributed by atoms with van der Waals surface area (Å²) < 4.78 is 5.47. The van der Waals surface area contributed by atoms with Gasteiger partial charge >= 0.3 is 0 Å². The van der Waals surface area contributed by atoms with Crippen LogP contribution in [0.3, 0.4) is 0 Å². The molecule has 1 aliphatic rings. The molecular weight excluding hydrogens is 328 g/mol. The molecular formula is C21H24N2O3. The van der Waals surface area contributed by atoms with Gasteiger partial charge in [0.25, 0.3) is 5.91 Å². The summed E-state index contributed by atoms with van der Waals surface area (Å²) in [5.41, 5.74) is 1.87. The van der Waals surface area contributed by atoms with Gasteiger partial charge in [0.05, 0.1) is 0 Å². The Balaban J connectivity index is 1.38. The Hall–Kier alpha value is -2.82. The van der Waals surface area contributed by atoms with Gasteiger partial charge in [0.15, 0.2) is 12.4 Å². The number of ketones is 1. The van der Waals surface area contributed by atoms with Crippen LogP contribution in [0.15, 0.2) is 54.6 Å². The summed E-state index contributed by atoms with van der Waals surface area (Å²) in [4.78, 5) is 25.6. The maximum Gasteiger partial charge on any atom is 0.257 e. The minimum Gasteiger partial charge on any atom is -0.484 e. The van der Waals surface area contributed by atoms with Crippen molar-refractivity contribution < 1.29 is 14.3 Å². The number of nitrogens with one attached hydrogen (secondary N) is 1. The lowest BCUT2D eigenvalue weighted by Crippen LogP contribution is -2.34. The SMILES string of the molecule is CC(=O)c1ccc(OCC(=O)NCC2CCN(c3ccccc3)C2)cc1. The van der Waals surface area contributed by atoms with Crippen LogP contribution in [0.1, 0.15) is 23.7 Å². The first-order chi connectivity index (χ1) is 12.6. The van der Waals surface area contributed by atoms with E-state index in [-0.39, 0.29) is 18.3 Å². The Bertz CT molecular complexity index is 744. The zero-order chi connectivity index (χ0) is 18.4. The molecule has 1 saturated heterocycles. The van der Waals surface area contributed by atoms with Crippen molar-refractivity contribution in [2.75, 3.05) is 31.1 Å². The molecule has 0 radical (unpaired) electrons. The molecule has 1 heterocycles. The van der Waals surface area contributed by atoms with E-state index < -0.39 is 0 Å². The van der Waals surface area contributed by atoms with E-state index in [1.54, 1.807) is 24.3 Å². The van der Waals surface area contributed by atoms with Crippen LogP contribution in [-0.4, -0.2) is 37.9 Å². The summed E-state index contributed by atoms with van der Waals surface area (Å²) in [5, 5.41) is 2.95. The number of amides is 1. The van der Waals surface area contributed by atoms with E-state index in [4.69, 9.17) is 4.74 Å². The van der Waals surface area contributed by atoms with E-state index in [0.29, 0.717) is 23.8 Å². The number of ether oxygens (including phenoxy) is 1. The number of rotatable bonds is 7. The summed E-state index contributed by atoms with van der Waals surface area (Å²) in [7, 11) is 0. The van der Waals surface area contributed by atoms with Gasteiger partial charge in [-0.25, -0.2) is 0 Å². The van der Waals surface area contributed by atoms with Crippen molar-refractivity contribution in [1.82, 2.24) is 5.32 Å². The van der Waals surface area contributed by atoms with Crippen molar-refractivity contribution >= 4 is 17.4 Å². The van der Waals surface area contributed by atoms with Gasteiger partial charge in [-0.15, -0.1) is 0 Å². The number of anilines is 1. The number of hydrogen-bond donors (Lipinski definition) is 1. The maximum absolute atomic E-state index is 12.0. The first kappa shape index (κ1) is 18.0. The fraction of sp³-hybridized carbons (Fsp3) is 0.333. The molecule has 0 aliphatic carbocycles. The predicted octanol–water partition coefficient (Wildman–Crippen LogP) is 2.91. The zero-order valence-electron chi connectivity index (χ0n) is 15.0. The van der Waals surface area contributed by atoms with Crippen LogP contribution in [0, 0.1) is 5.92 Å². The molecule has 5 nitrogen and oxygen atoms in total. The summed E-state index contributed by atoms with van der Waals surface area (Å²) in [5.74, 6) is 0.921. The zero-order valence-corrected chi connectivity index (χ0v) is 15.0. The monoisotopic (exact) mass is 352 g/mol. The smallest absolute Gasteiger partial charge is 0.257 e. The Morgan fingerprint density at radius 2 is 1.85 bits per heavy atom. The molecule has 3 rings (SSSR count). The third-order valence-corrected chi connectivity index (χ3v) is 4.63. The van der Waals surface area contributed by atoms with Gasteiger partial charge in [0.1, 0.15) is 5.75 Å². The highest BCUT2D eigenvalue weighted by Crippen LogP contribution is 2.22. The van der Waals surface area contributed by atoms with Gasteiger partial charge in [-0.05, 0) is 55.7 Å². The first-order valence-electron chi connectivity index (χ1n) is 8.92. The molecule has 0 spiro atoms. The van der Waals surface area contributed by atoms with Gasteiger partial charge < -0.3 is 15.0 Å². The van der Waals surface area contributed by atoms with Crippen LogP contribution in [-0.2, 0) is 4.79 Å². The van der Waals surface area contributed by atoms with Crippen LogP contribution in [0.25, 0.3) is 0 Å². The fourth-order valence-electron chi connectivity index (χ4n) is 3.12. The van der Waals surface area contributed by atoms with Gasteiger partial charge in [-0.3, -0.25) is 9.59 Å². The molecule has 1 N–H and O–H groups in total. The van der Waals surface area contributed by atoms with Gasteiger partial charge in [-0.2, -0.15) is 0 Å². The predicted molar refractivity (Wildman–Crippen MR) is 102 cm³/mol. The molecule has 0 saturated carbocycles. The van der Waals surface area contributed by atoms with Gasteiger partial charge in [-0.1, -0.05) is 18.2 Å². The van der Waals surface area contributed by atoms with E-state index in [9.17, 15) is 9.59 Å². The van der Waals surface area contributed by atoms with E-state index in [1.807, 2.05) is 18.2 Å². The molecule has 1 aliphatic heterocycles. The van der Waals surface area contributed by atoms with Gasteiger partial charge in [0.2, 0.25) is 0 Å². The number of Topliss-reactive ketones (excluding diaryl/α,β-unsaturated/α-hetero) is 1. The second-order valence-corrected chi connectivity index (χ2v) is 6.61. The van der Waals surface area contributed by atoms with Crippen LogP contribution < -0.4 is 15.0 Å². The number of benzene rings is 2. The van der Waals surface area contributed by atoms with Crippen LogP contribution >= 0.6 is 0 Å². The lowest BCUT2D eigenvalue weighted by atomic mass is 10.1. The van der Waals surface area contributed by atoms with Crippen molar-refractivity contribution in [3.63, 3.8) is 0 Å². The molecule has 2 aromatic rings. The second-order valence-electron chi connectivity index (χ2n) is 6.61. The maximum atomic E-state index is 12.0. The minimum atomic E-state index is -0.126. The van der Waals surface area contributed by atoms with E-state index in [2.05, 4.69) is 22.3 Å². The fourth-order valence-corrected chi connectivity index (χ4v) is 3.12. The quantitative estimate of drug-likeness (QED) is 0.779. The molecule has 136 valence electrons. The minimum absolute atomic E-state index is 0.00963. The molecule has 26 heavy (non-hydrogen) atoms. The lowest BCUT2D eigenvalue weighted by molar-refractivity contribution is -0.123. The van der Waals surface area contributed by atoms with E-state index in [1.165, 1.54) is 12.6 Å². The average molecular weight is 352 g/mol. The van der Waals surface area contributed by atoms with Crippen LogP contribution in [0.4, 0.5) is 5.69 Å². The number of para-hydroxylation sites is 1. The topological polar surface area (TPSA) is 58.6 Å². The average Bonchev–Trinajstić information content (AvgIpc) is 3.15. The van der Waals surface area contributed by atoms with Crippen molar-refractivity contribution in [2.24, 2.45) is 5.92 Å². The van der Waals surface area contributed by atoms with Crippen LogP contribution in [0.2, 0.25) is 0 Å². The summed E-state index contributed by atoms with van der Waals surface area (Å²) in [6, 6.07) is 17.2. The standard InChI is InChI=1S/C21H24N2O3/c1-16(24)18-7-9-20(10-8-18)26-15-21(25)22-13-17-11-12-23(14-17)19-5-3-2-4-6-19/h2-10,17H,11-15H2,1H3,(H,22,25). The normalized spacial score (nSPS) is 16.3. The number of carbonyl (C=O) groups is 2. The van der Waals surface area contributed by atoms with E-state index in [0.717, 1.165) is 19.5 Å². The number of nitrogens with zero attached hydrogens (tertiary/aromatic N) is 1. The Labute approximate surface area is 154 Å². The third-order valence-electron chi connectivity index (χ3n) is 4.63. The van der Waals surface area contributed by atoms with Crippen LogP contribution in [0.5, 0.6) is 5.75 Å². The Kier molecular flexibility index (Phi) is 5.89. The molecule has 2 aromatic carbocycles. The molecule has 1 fully saturated rings. The van der Waals surface area contributed by atoms with E-state index >= 15 is 0 Å². The third kappa shape index (κ3) is 4.85. The lowest BCUT2D eigenvalue weighted by Gasteiger charge is -2.18. The van der Waals surface area contributed by atoms with Crippen molar-refractivity contribution in [3.8, 4) is 5.75 Å². The molecule has 5 heteroatoms. The highest BCUT2D eigenvalue weighted by Gasteiger charge is 2.22. The van der Waals surface area contributed by atoms with Gasteiger partial charge in [0, 0.05) is 30.9 Å². The first-order valence-corrected chi connectivity index (χ1v) is 8.92. The highest BCUT2D eigenvalue weighted by molar-refractivity contribution is 5.94.